The largest absolute Gasteiger partial charge is 0.497 e. The molecular weight excluding hydrogens is 481 g/mol. The van der Waals surface area contributed by atoms with Crippen molar-refractivity contribution in [3.05, 3.63) is 18.2 Å². The normalized spacial score (nSPS) is 20.2. The Morgan fingerprint density at radius 1 is 1.07 bits per heavy atom. The number of likely N-dealkylation sites (tertiary alicyclic amines) is 1. The van der Waals surface area contributed by atoms with Crippen LogP contribution in [0.15, 0.2) is 23.2 Å². The maximum Gasteiger partial charge on any atom is 0.191 e. The minimum Gasteiger partial charge on any atom is -0.497 e. The Hall–Kier alpha value is -1.42. The van der Waals surface area contributed by atoms with Crippen molar-refractivity contribution < 1.29 is 9.47 Å². The van der Waals surface area contributed by atoms with Crippen molar-refractivity contribution in [2.24, 2.45) is 4.99 Å². The molecule has 164 valence electrons. The summed E-state index contributed by atoms with van der Waals surface area (Å²) in [6, 6.07) is 6.41. The summed E-state index contributed by atoms with van der Waals surface area (Å²) in [6.07, 6.45) is 5.12. The molecule has 0 aromatic heterocycles. The summed E-state index contributed by atoms with van der Waals surface area (Å²) < 4.78 is 10.8. The van der Waals surface area contributed by atoms with E-state index in [0.717, 1.165) is 55.7 Å². The number of benzene rings is 1. The number of aliphatic imine (C=N–C) groups is 1. The third-order valence-corrected chi connectivity index (χ3v) is 5.62. The van der Waals surface area contributed by atoms with Gasteiger partial charge in [0.05, 0.1) is 14.2 Å². The monoisotopic (exact) mass is 517 g/mol. The minimum atomic E-state index is 0. The molecule has 2 heterocycles. The highest BCUT2D eigenvalue weighted by atomic mass is 127. The zero-order chi connectivity index (χ0) is 19.8. The van der Waals surface area contributed by atoms with Crippen LogP contribution in [0.3, 0.4) is 0 Å². The lowest BCUT2D eigenvalue weighted by molar-refractivity contribution is 0.232. The smallest absolute Gasteiger partial charge is 0.191 e. The quantitative estimate of drug-likeness (QED) is 0.330. The lowest BCUT2D eigenvalue weighted by atomic mass is 10.1. The first-order chi connectivity index (χ1) is 13.7. The second kappa shape index (κ2) is 12.3. The summed E-state index contributed by atoms with van der Waals surface area (Å²) in [7, 11) is 5.22. The molecule has 1 aromatic carbocycles. The van der Waals surface area contributed by atoms with Gasteiger partial charge in [-0.1, -0.05) is 6.42 Å². The summed E-state index contributed by atoms with van der Waals surface area (Å²) in [6.45, 7) is 6.41. The highest BCUT2D eigenvalue weighted by molar-refractivity contribution is 14.0. The fraction of sp³-hybridized carbons (Fsp3) is 0.667. The third kappa shape index (κ3) is 7.09. The first kappa shape index (κ1) is 23.9. The SMILES string of the molecule is CN=C(NCCN1CCCCC1)NC1CCN(c2cc(OC)cc(OC)c2)C1.I. The average molecular weight is 517 g/mol. The number of guanidine groups is 1. The number of ether oxygens (including phenoxy) is 2. The number of halogens is 1. The first-order valence-electron chi connectivity index (χ1n) is 10.4. The van der Waals surface area contributed by atoms with Crippen molar-refractivity contribution in [1.29, 1.82) is 0 Å². The Bertz CT molecular complexity index is 630. The van der Waals surface area contributed by atoms with Crippen LogP contribution in [0.4, 0.5) is 5.69 Å². The molecule has 29 heavy (non-hydrogen) atoms. The standard InChI is InChI=1S/C21H35N5O2.HI/c1-22-21(23-8-12-25-9-5-4-6-10-25)24-17-7-11-26(16-17)18-13-19(27-2)15-20(14-18)28-3;/h13-15,17H,4-12,16H2,1-3H3,(H2,22,23,24);1H. The van der Waals surface area contributed by atoms with Gasteiger partial charge in [0.15, 0.2) is 5.96 Å². The van der Waals surface area contributed by atoms with E-state index < -0.39 is 0 Å². The topological polar surface area (TPSA) is 61.4 Å². The second-order valence-electron chi connectivity index (χ2n) is 7.55. The number of nitrogens with one attached hydrogen (secondary N) is 2. The average Bonchev–Trinajstić information content (AvgIpc) is 3.22. The number of methoxy groups -OCH3 is 2. The number of rotatable bonds is 7. The molecular formula is C21H36IN5O2. The van der Waals surface area contributed by atoms with Gasteiger partial charge in [0.1, 0.15) is 11.5 Å². The molecule has 0 spiro atoms. The van der Waals surface area contributed by atoms with Gasteiger partial charge in [-0.05, 0) is 32.4 Å². The Morgan fingerprint density at radius 3 is 2.38 bits per heavy atom. The van der Waals surface area contributed by atoms with Gasteiger partial charge < -0.3 is 29.9 Å². The number of piperidine rings is 1. The van der Waals surface area contributed by atoms with E-state index in [1.807, 2.05) is 13.1 Å². The third-order valence-electron chi connectivity index (χ3n) is 5.62. The van der Waals surface area contributed by atoms with E-state index in [-0.39, 0.29) is 24.0 Å². The van der Waals surface area contributed by atoms with E-state index in [9.17, 15) is 0 Å². The second-order valence-corrected chi connectivity index (χ2v) is 7.55. The van der Waals surface area contributed by atoms with Crippen molar-refractivity contribution in [1.82, 2.24) is 15.5 Å². The summed E-state index contributed by atoms with van der Waals surface area (Å²) in [5.74, 6) is 2.54. The van der Waals surface area contributed by atoms with E-state index in [1.165, 1.54) is 32.4 Å². The fourth-order valence-corrected chi connectivity index (χ4v) is 3.99. The van der Waals surface area contributed by atoms with Crippen LogP contribution >= 0.6 is 24.0 Å². The molecule has 2 aliphatic rings. The minimum absolute atomic E-state index is 0. The molecule has 0 aliphatic carbocycles. The summed E-state index contributed by atoms with van der Waals surface area (Å²) in [5.41, 5.74) is 1.13. The summed E-state index contributed by atoms with van der Waals surface area (Å²) in [5, 5.41) is 7.05. The molecule has 0 bridgehead atoms. The van der Waals surface area contributed by atoms with Crippen molar-refractivity contribution >= 4 is 35.6 Å². The molecule has 1 aromatic rings. The molecule has 0 amide bonds. The van der Waals surface area contributed by atoms with E-state index in [1.54, 1.807) is 14.2 Å². The number of anilines is 1. The van der Waals surface area contributed by atoms with Gasteiger partial charge in [0.25, 0.3) is 0 Å². The van der Waals surface area contributed by atoms with E-state index in [2.05, 4.69) is 37.6 Å². The molecule has 1 unspecified atom stereocenters. The van der Waals surface area contributed by atoms with Gasteiger partial charge in [-0.2, -0.15) is 0 Å². The highest BCUT2D eigenvalue weighted by Gasteiger charge is 2.24. The predicted molar refractivity (Wildman–Crippen MR) is 130 cm³/mol. The maximum absolute atomic E-state index is 5.40. The van der Waals surface area contributed by atoms with E-state index in [0.29, 0.717) is 6.04 Å². The van der Waals surface area contributed by atoms with Crippen LogP contribution < -0.4 is 25.0 Å². The van der Waals surface area contributed by atoms with Crippen LogP contribution in [0.25, 0.3) is 0 Å². The van der Waals surface area contributed by atoms with Crippen molar-refractivity contribution in [2.75, 3.05) is 65.4 Å². The van der Waals surface area contributed by atoms with Gasteiger partial charge in [-0.3, -0.25) is 4.99 Å². The lowest BCUT2D eigenvalue weighted by Crippen LogP contribution is -2.47. The zero-order valence-corrected chi connectivity index (χ0v) is 20.3. The van der Waals surface area contributed by atoms with E-state index in [4.69, 9.17) is 9.47 Å². The molecule has 2 saturated heterocycles. The summed E-state index contributed by atoms with van der Waals surface area (Å²) in [4.78, 5) is 9.31. The van der Waals surface area contributed by atoms with Gasteiger partial charge in [-0.25, -0.2) is 0 Å². The van der Waals surface area contributed by atoms with Crippen molar-refractivity contribution in [2.45, 2.75) is 31.7 Å². The van der Waals surface area contributed by atoms with Crippen molar-refractivity contribution in [3.8, 4) is 11.5 Å². The fourth-order valence-electron chi connectivity index (χ4n) is 3.99. The molecule has 3 rings (SSSR count). The molecule has 0 saturated carbocycles. The van der Waals surface area contributed by atoms with Crippen LogP contribution in [-0.2, 0) is 0 Å². The number of hydrogen-bond acceptors (Lipinski definition) is 5. The van der Waals surface area contributed by atoms with Gasteiger partial charge in [0.2, 0.25) is 0 Å². The maximum atomic E-state index is 5.40. The Balaban J connectivity index is 0.00000300. The molecule has 2 aliphatic heterocycles. The Kier molecular flexibility index (Phi) is 10.1. The van der Waals surface area contributed by atoms with Crippen LogP contribution in [0, 0.1) is 0 Å². The van der Waals surface area contributed by atoms with Crippen LogP contribution in [-0.4, -0.2) is 77.4 Å². The molecule has 0 radical (unpaired) electrons. The highest BCUT2D eigenvalue weighted by Crippen LogP contribution is 2.30. The van der Waals surface area contributed by atoms with Gasteiger partial charge in [-0.15, -0.1) is 24.0 Å². The molecule has 2 fully saturated rings. The van der Waals surface area contributed by atoms with E-state index >= 15 is 0 Å². The van der Waals surface area contributed by atoms with Crippen LogP contribution in [0.2, 0.25) is 0 Å². The number of nitrogens with zero attached hydrogens (tertiary/aromatic N) is 3. The molecule has 2 N–H and O–H groups in total. The van der Waals surface area contributed by atoms with Crippen LogP contribution in [0.1, 0.15) is 25.7 Å². The summed E-state index contributed by atoms with van der Waals surface area (Å²) >= 11 is 0. The zero-order valence-electron chi connectivity index (χ0n) is 17.9. The van der Waals surface area contributed by atoms with Gasteiger partial charge >= 0.3 is 0 Å². The Labute approximate surface area is 192 Å². The Morgan fingerprint density at radius 2 is 1.76 bits per heavy atom. The first-order valence-corrected chi connectivity index (χ1v) is 10.4. The predicted octanol–water partition coefficient (Wildman–Crippen LogP) is 2.55. The van der Waals surface area contributed by atoms with Crippen molar-refractivity contribution in [3.63, 3.8) is 0 Å². The lowest BCUT2D eigenvalue weighted by Gasteiger charge is -2.27. The molecule has 7 nitrogen and oxygen atoms in total. The number of hydrogen-bond donors (Lipinski definition) is 2. The molecule has 8 heteroatoms. The van der Waals surface area contributed by atoms with Gasteiger partial charge in [0, 0.05) is 63.2 Å². The molecule has 1 atom stereocenters. The van der Waals surface area contributed by atoms with Crippen LogP contribution in [0.5, 0.6) is 11.5 Å².